The van der Waals surface area contributed by atoms with E-state index in [1.807, 2.05) is 4.90 Å². The largest absolute Gasteiger partial charge is 0.367 e. The summed E-state index contributed by atoms with van der Waals surface area (Å²) in [5.74, 6) is 5.52. The second-order valence-corrected chi connectivity index (χ2v) is 7.79. The van der Waals surface area contributed by atoms with Crippen LogP contribution in [0.1, 0.15) is 37.8 Å². The van der Waals surface area contributed by atoms with Crippen molar-refractivity contribution in [3.63, 3.8) is 0 Å². The Balaban J connectivity index is 2.02. The third-order valence-corrected chi connectivity index (χ3v) is 5.49. The molecule has 1 saturated heterocycles. The molecule has 2 atom stereocenters. The molecule has 8 heteroatoms. The quantitative estimate of drug-likeness (QED) is 0.772. The Bertz CT molecular complexity index is 998. The van der Waals surface area contributed by atoms with Crippen LogP contribution in [0.4, 0.5) is 10.1 Å². The summed E-state index contributed by atoms with van der Waals surface area (Å²) in [5.41, 5.74) is 6.44. The molecule has 0 bridgehead atoms. The molecule has 1 aliphatic carbocycles. The summed E-state index contributed by atoms with van der Waals surface area (Å²) >= 11 is 0. The molecule has 140 valence electrons. The molecule has 1 aliphatic heterocycles. The fraction of sp³-hybridized carbons (Fsp3) is 0.556. The highest BCUT2D eigenvalue weighted by atomic mass is 19.1. The first-order chi connectivity index (χ1) is 12.3. The fourth-order valence-corrected chi connectivity index (χ4v) is 4.30. The SMILES string of the molecule is Cc1c(N2C[C@H](C)C[C@H](N)C2)c(F)cc2c(=O)n(N)c(=O)n(C3CC3)c12. The molecule has 7 nitrogen and oxygen atoms in total. The van der Waals surface area contributed by atoms with Gasteiger partial charge in [0, 0.05) is 30.7 Å². The Morgan fingerprint density at radius 2 is 1.92 bits per heavy atom. The molecule has 4 rings (SSSR count). The van der Waals surface area contributed by atoms with Crippen LogP contribution in [0.5, 0.6) is 0 Å². The first-order valence-electron chi connectivity index (χ1n) is 9.05. The topological polar surface area (TPSA) is 99.3 Å². The maximum atomic E-state index is 15.0. The van der Waals surface area contributed by atoms with E-state index in [-0.39, 0.29) is 17.5 Å². The smallest absolute Gasteiger partial charge is 0.350 e. The zero-order chi connectivity index (χ0) is 18.7. The van der Waals surface area contributed by atoms with Crippen LogP contribution in [-0.4, -0.2) is 28.4 Å². The second kappa shape index (κ2) is 5.84. The van der Waals surface area contributed by atoms with Gasteiger partial charge in [0.15, 0.2) is 0 Å². The van der Waals surface area contributed by atoms with Gasteiger partial charge in [0.25, 0.3) is 5.56 Å². The number of hydrogen-bond acceptors (Lipinski definition) is 5. The molecule has 1 saturated carbocycles. The minimum absolute atomic E-state index is 0.0138. The Morgan fingerprint density at radius 1 is 1.23 bits per heavy atom. The van der Waals surface area contributed by atoms with Gasteiger partial charge in [-0.1, -0.05) is 6.92 Å². The Morgan fingerprint density at radius 3 is 2.54 bits per heavy atom. The molecule has 2 aliphatic rings. The number of nitrogen functional groups attached to an aromatic ring is 1. The molecule has 0 spiro atoms. The maximum Gasteiger partial charge on any atom is 0.350 e. The van der Waals surface area contributed by atoms with Crippen LogP contribution in [0.25, 0.3) is 10.9 Å². The number of halogens is 1. The van der Waals surface area contributed by atoms with Crippen molar-refractivity contribution in [1.82, 2.24) is 9.24 Å². The Hall–Kier alpha value is -2.35. The van der Waals surface area contributed by atoms with Crippen LogP contribution in [0, 0.1) is 18.7 Å². The lowest BCUT2D eigenvalue weighted by Crippen LogP contribution is -2.47. The molecule has 0 radical (unpaired) electrons. The van der Waals surface area contributed by atoms with E-state index in [4.69, 9.17) is 11.6 Å². The number of nitrogens with zero attached hydrogens (tertiary/aromatic N) is 3. The van der Waals surface area contributed by atoms with Gasteiger partial charge in [-0.25, -0.2) is 9.18 Å². The number of rotatable bonds is 2. The standard InChI is InChI=1S/C18H24FN5O2/c1-9-5-11(20)8-22(7-9)16-10(2)15-13(6-14(16)19)17(25)24(21)18(26)23(15)12-3-4-12/h6,9,11-12H,3-5,7-8,20-21H2,1-2H3/t9-,11+/m1/s1. The molecular weight excluding hydrogens is 337 g/mol. The van der Waals surface area contributed by atoms with Crippen molar-refractivity contribution in [2.45, 2.75) is 45.2 Å². The number of benzene rings is 1. The normalized spacial score (nSPS) is 23.6. The number of aromatic nitrogens is 2. The average molecular weight is 361 g/mol. The van der Waals surface area contributed by atoms with Crippen molar-refractivity contribution in [2.24, 2.45) is 11.7 Å². The Labute approximate surface area is 150 Å². The van der Waals surface area contributed by atoms with Gasteiger partial charge in [-0.05, 0) is 38.2 Å². The molecule has 1 aromatic heterocycles. The fourth-order valence-electron chi connectivity index (χ4n) is 4.30. The summed E-state index contributed by atoms with van der Waals surface area (Å²) in [5, 5.41) is 0.145. The van der Waals surface area contributed by atoms with E-state index < -0.39 is 17.1 Å². The number of fused-ring (bicyclic) bond motifs is 1. The highest BCUT2D eigenvalue weighted by Crippen LogP contribution is 2.38. The third-order valence-electron chi connectivity index (χ3n) is 5.49. The van der Waals surface area contributed by atoms with Crippen LogP contribution in [0.15, 0.2) is 15.7 Å². The van der Waals surface area contributed by atoms with Crippen LogP contribution in [0.2, 0.25) is 0 Å². The van der Waals surface area contributed by atoms with E-state index in [0.717, 1.165) is 19.3 Å². The highest BCUT2D eigenvalue weighted by Gasteiger charge is 2.32. The molecule has 26 heavy (non-hydrogen) atoms. The summed E-state index contributed by atoms with van der Waals surface area (Å²) < 4.78 is 17.2. The van der Waals surface area contributed by atoms with Gasteiger partial charge < -0.3 is 16.5 Å². The Kier molecular flexibility index (Phi) is 3.83. The molecular formula is C18H24FN5O2. The molecule has 0 amide bonds. The summed E-state index contributed by atoms with van der Waals surface area (Å²) in [6.07, 6.45) is 2.60. The van der Waals surface area contributed by atoms with Crippen molar-refractivity contribution in [2.75, 3.05) is 23.8 Å². The minimum Gasteiger partial charge on any atom is -0.367 e. The summed E-state index contributed by atoms with van der Waals surface area (Å²) in [6, 6.07) is 1.20. The highest BCUT2D eigenvalue weighted by molar-refractivity contribution is 5.87. The van der Waals surface area contributed by atoms with E-state index in [9.17, 15) is 9.59 Å². The first-order valence-corrected chi connectivity index (χ1v) is 9.05. The maximum absolute atomic E-state index is 15.0. The zero-order valence-electron chi connectivity index (χ0n) is 15.0. The predicted molar refractivity (Wildman–Crippen MR) is 99.6 cm³/mol. The zero-order valence-corrected chi connectivity index (χ0v) is 15.0. The number of piperidine rings is 1. The average Bonchev–Trinajstić information content (AvgIpc) is 3.38. The van der Waals surface area contributed by atoms with Gasteiger partial charge in [0.2, 0.25) is 0 Å². The van der Waals surface area contributed by atoms with Crippen LogP contribution in [-0.2, 0) is 0 Å². The van der Waals surface area contributed by atoms with Gasteiger partial charge >= 0.3 is 5.69 Å². The lowest BCUT2D eigenvalue weighted by molar-refractivity contribution is 0.398. The minimum atomic E-state index is -0.667. The molecule has 2 aromatic rings. The van der Waals surface area contributed by atoms with Crippen LogP contribution >= 0.6 is 0 Å². The van der Waals surface area contributed by atoms with E-state index in [2.05, 4.69) is 6.92 Å². The van der Waals surface area contributed by atoms with E-state index in [1.54, 1.807) is 11.5 Å². The van der Waals surface area contributed by atoms with Gasteiger partial charge in [0.05, 0.1) is 16.6 Å². The summed E-state index contributed by atoms with van der Waals surface area (Å²) in [7, 11) is 0. The van der Waals surface area contributed by atoms with Crippen LogP contribution < -0.4 is 27.7 Å². The molecule has 2 heterocycles. The van der Waals surface area contributed by atoms with Crippen molar-refractivity contribution in [3.8, 4) is 0 Å². The molecule has 0 unspecified atom stereocenters. The summed E-state index contributed by atoms with van der Waals surface area (Å²) in [6.45, 7) is 5.10. The number of anilines is 1. The predicted octanol–water partition coefficient (Wildman–Crippen LogP) is 0.833. The van der Waals surface area contributed by atoms with Gasteiger partial charge in [-0.2, -0.15) is 4.68 Å². The van der Waals surface area contributed by atoms with Gasteiger partial charge in [0.1, 0.15) is 5.82 Å². The van der Waals surface area contributed by atoms with Crippen molar-refractivity contribution < 1.29 is 4.39 Å². The third kappa shape index (κ3) is 2.51. The van der Waals surface area contributed by atoms with Crippen molar-refractivity contribution >= 4 is 16.6 Å². The second-order valence-electron chi connectivity index (χ2n) is 7.79. The van der Waals surface area contributed by atoms with Crippen molar-refractivity contribution in [1.29, 1.82) is 0 Å². The van der Waals surface area contributed by atoms with E-state index in [0.29, 0.717) is 40.5 Å². The number of aryl methyl sites for hydroxylation is 1. The lowest BCUT2D eigenvalue weighted by Gasteiger charge is -2.37. The van der Waals surface area contributed by atoms with Gasteiger partial charge in [-0.3, -0.25) is 9.36 Å². The van der Waals surface area contributed by atoms with Crippen LogP contribution in [0.3, 0.4) is 0 Å². The molecule has 1 aromatic carbocycles. The lowest BCUT2D eigenvalue weighted by atomic mass is 9.95. The van der Waals surface area contributed by atoms with E-state index >= 15 is 4.39 Å². The van der Waals surface area contributed by atoms with E-state index in [1.165, 1.54) is 6.07 Å². The summed E-state index contributed by atoms with van der Waals surface area (Å²) in [4.78, 5) is 27.0. The molecule has 2 fully saturated rings. The number of nitrogens with two attached hydrogens (primary N) is 2. The monoisotopic (exact) mass is 361 g/mol. The molecule has 4 N–H and O–H groups in total. The van der Waals surface area contributed by atoms with Crippen molar-refractivity contribution in [3.05, 3.63) is 38.3 Å². The number of hydrogen-bond donors (Lipinski definition) is 2. The first kappa shape index (κ1) is 17.1. The van der Waals surface area contributed by atoms with Gasteiger partial charge in [-0.15, -0.1) is 0 Å².